The van der Waals surface area contributed by atoms with Gasteiger partial charge in [0, 0.05) is 38.5 Å². The fourth-order valence-electron chi connectivity index (χ4n) is 2.48. The lowest BCUT2D eigenvalue weighted by atomic mass is 9.93. The van der Waals surface area contributed by atoms with E-state index in [1.54, 1.807) is 18.4 Å². The zero-order chi connectivity index (χ0) is 14.7. The lowest BCUT2D eigenvalue weighted by molar-refractivity contribution is -0.101. The Labute approximate surface area is 127 Å². The van der Waals surface area contributed by atoms with Crippen LogP contribution < -0.4 is 0 Å². The second kappa shape index (κ2) is 6.21. The molecule has 0 bridgehead atoms. The van der Waals surface area contributed by atoms with E-state index in [1.165, 1.54) is 0 Å². The predicted octanol–water partition coefficient (Wildman–Crippen LogP) is 2.33. The molecule has 0 aliphatic carbocycles. The second-order valence-corrected chi connectivity index (χ2v) is 6.03. The minimum absolute atomic E-state index is 0.476. The van der Waals surface area contributed by atoms with Crippen LogP contribution in [0, 0.1) is 0 Å². The third-order valence-electron chi connectivity index (χ3n) is 3.80. The van der Waals surface area contributed by atoms with Crippen LogP contribution in [0.3, 0.4) is 0 Å². The number of nitrogens with zero attached hydrogens (tertiary/aromatic N) is 3. The van der Waals surface area contributed by atoms with E-state index in [0.717, 1.165) is 30.0 Å². The number of aryl methyl sites for hydroxylation is 1. The summed E-state index contributed by atoms with van der Waals surface area (Å²) >= 11 is 1.67. The van der Waals surface area contributed by atoms with E-state index in [4.69, 9.17) is 14.0 Å². The topological polar surface area (TPSA) is 70.3 Å². The lowest BCUT2D eigenvalue weighted by Gasteiger charge is -2.32. The average molecular weight is 309 g/mol. The van der Waals surface area contributed by atoms with Crippen molar-refractivity contribution in [3.05, 3.63) is 27.8 Å². The summed E-state index contributed by atoms with van der Waals surface area (Å²) in [7, 11) is 1.69. The zero-order valence-electron chi connectivity index (χ0n) is 12.3. The molecule has 7 heteroatoms. The molecule has 1 fully saturated rings. The first-order chi connectivity index (χ1) is 10.3. The van der Waals surface area contributed by atoms with Gasteiger partial charge in [0.25, 0.3) is 0 Å². The van der Waals surface area contributed by atoms with Crippen molar-refractivity contribution in [2.45, 2.75) is 38.2 Å². The largest absolute Gasteiger partial charge is 0.381 e. The highest BCUT2D eigenvalue weighted by molar-refractivity contribution is 7.09. The zero-order valence-corrected chi connectivity index (χ0v) is 13.1. The van der Waals surface area contributed by atoms with Gasteiger partial charge in [-0.2, -0.15) is 4.98 Å². The van der Waals surface area contributed by atoms with Gasteiger partial charge in [-0.15, -0.1) is 11.3 Å². The summed E-state index contributed by atoms with van der Waals surface area (Å²) in [5, 5.41) is 7.29. The highest BCUT2D eigenvalue weighted by atomic mass is 32.1. The van der Waals surface area contributed by atoms with Crippen molar-refractivity contribution in [3.63, 3.8) is 0 Å². The van der Waals surface area contributed by atoms with Gasteiger partial charge in [-0.3, -0.25) is 0 Å². The maximum absolute atomic E-state index is 5.67. The van der Waals surface area contributed by atoms with Crippen LogP contribution in [0.15, 0.2) is 9.90 Å². The minimum atomic E-state index is -0.476. The molecule has 1 saturated heterocycles. The maximum atomic E-state index is 5.67. The van der Waals surface area contributed by atoms with Crippen LogP contribution in [0.2, 0.25) is 0 Å². The Morgan fingerprint density at radius 3 is 2.81 bits per heavy atom. The molecule has 0 spiro atoms. The molecule has 1 aliphatic heterocycles. The van der Waals surface area contributed by atoms with Crippen LogP contribution in [0.5, 0.6) is 0 Å². The van der Waals surface area contributed by atoms with Crippen LogP contribution in [-0.2, 0) is 27.9 Å². The van der Waals surface area contributed by atoms with Crippen molar-refractivity contribution in [2.24, 2.45) is 0 Å². The molecular formula is C14H19N3O3S. The van der Waals surface area contributed by atoms with Crippen molar-refractivity contribution in [1.29, 1.82) is 0 Å². The highest BCUT2D eigenvalue weighted by Gasteiger charge is 2.39. The fraction of sp³-hybridized carbons (Fsp3) is 0.643. The smallest absolute Gasteiger partial charge is 0.232 e. The summed E-state index contributed by atoms with van der Waals surface area (Å²) in [5.41, 5.74) is 0.502. The van der Waals surface area contributed by atoms with Gasteiger partial charge in [0.15, 0.2) is 0 Å². The summed E-state index contributed by atoms with van der Waals surface area (Å²) in [4.78, 5) is 9.04. The molecule has 0 aromatic carbocycles. The molecule has 114 valence electrons. The molecular weight excluding hydrogens is 290 g/mol. The van der Waals surface area contributed by atoms with Crippen LogP contribution in [-0.4, -0.2) is 35.4 Å². The third-order valence-corrected chi connectivity index (χ3v) is 4.84. The van der Waals surface area contributed by atoms with E-state index in [2.05, 4.69) is 22.0 Å². The first-order valence-electron chi connectivity index (χ1n) is 7.15. The summed E-state index contributed by atoms with van der Waals surface area (Å²) in [6.45, 7) is 3.41. The maximum Gasteiger partial charge on any atom is 0.232 e. The SMILES string of the molecule is CCc1nc(Cc2nc(C3(OC)CCOCC3)no2)cs1. The molecule has 3 heterocycles. The molecule has 0 atom stereocenters. The normalized spacial score (nSPS) is 18.0. The van der Waals surface area contributed by atoms with Crippen molar-refractivity contribution < 1.29 is 14.0 Å². The Morgan fingerprint density at radius 2 is 2.14 bits per heavy atom. The van der Waals surface area contributed by atoms with Gasteiger partial charge in [-0.25, -0.2) is 4.98 Å². The molecule has 3 rings (SSSR count). The van der Waals surface area contributed by atoms with Gasteiger partial charge in [-0.1, -0.05) is 12.1 Å². The van der Waals surface area contributed by atoms with Gasteiger partial charge in [0.05, 0.1) is 17.1 Å². The van der Waals surface area contributed by atoms with Crippen molar-refractivity contribution in [3.8, 4) is 0 Å². The van der Waals surface area contributed by atoms with Gasteiger partial charge in [0.2, 0.25) is 11.7 Å². The Morgan fingerprint density at radius 1 is 1.33 bits per heavy atom. The molecule has 21 heavy (non-hydrogen) atoms. The Kier molecular flexibility index (Phi) is 4.32. The Balaban J connectivity index is 1.76. The summed E-state index contributed by atoms with van der Waals surface area (Å²) in [5.74, 6) is 1.20. The quantitative estimate of drug-likeness (QED) is 0.844. The van der Waals surface area contributed by atoms with E-state index in [1.807, 2.05) is 5.38 Å². The minimum Gasteiger partial charge on any atom is -0.381 e. The molecule has 0 amide bonds. The summed E-state index contributed by atoms with van der Waals surface area (Å²) in [6.07, 6.45) is 3.02. The number of rotatable bonds is 5. The molecule has 6 nitrogen and oxygen atoms in total. The van der Waals surface area contributed by atoms with E-state index in [-0.39, 0.29) is 0 Å². The monoisotopic (exact) mass is 309 g/mol. The van der Waals surface area contributed by atoms with Gasteiger partial charge >= 0.3 is 0 Å². The highest BCUT2D eigenvalue weighted by Crippen LogP contribution is 2.33. The number of thiazole rings is 1. The van der Waals surface area contributed by atoms with E-state index in [0.29, 0.717) is 31.3 Å². The molecule has 0 radical (unpaired) electrons. The van der Waals surface area contributed by atoms with Gasteiger partial charge in [-0.05, 0) is 6.42 Å². The van der Waals surface area contributed by atoms with Crippen molar-refractivity contribution in [1.82, 2.24) is 15.1 Å². The summed E-state index contributed by atoms with van der Waals surface area (Å²) in [6, 6.07) is 0. The lowest BCUT2D eigenvalue weighted by Crippen LogP contribution is -2.36. The molecule has 0 unspecified atom stereocenters. The van der Waals surface area contributed by atoms with Crippen molar-refractivity contribution >= 4 is 11.3 Å². The van der Waals surface area contributed by atoms with Crippen LogP contribution in [0.1, 0.15) is 42.2 Å². The van der Waals surface area contributed by atoms with Crippen LogP contribution in [0.25, 0.3) is 0 Å². The third kappa shape index (κ3) is 3.00. The van der Waals surface area contributed by atoms with Crippen molar-refractivity contribution in [2.75, 3.05) is 20.3 Å². The van der Waals surface area contributed by atoms with Crippen LogP contribution >= 0.6 is 11.3 Å². The molecule has 2 aromatic heterocycles. The number of aromatic nitrogens is 3. The fourth-order valence-corrected chi connectivity index (χ4v) is 3.22. The Hall–Kier alpha value is -1.31. The summed E-state index contributed by atoms with van der Waals surface area (Å²) < 4.78 is 16.4. The first kappa shape index (κ1) is 14.6. The number of methoxy groups -OCH3 is 1. The van der Waals surface area contributed by atoms with E-state index >= 15 is 0 Å². The second-order valence-electron chi connectivity index (χ2n) is 5.09. The van der Waals surface area contributed by atoms with Gasteiger partial charge in [0.1, 0.15) is 5.60 Å². The number of ether oxygens (including phenoxy) is 2. The first-order valence-corrected chi connectivity index (χ1v) is 8.03. The average Bonchev–Trinajstić information content (AvgIpc) is 3.18. The Bertz CT molecular complexity index is 590. The number of hydrogen-bond acceptors (Lipinski definition) is 7. The van der Waals surface area contributed by atoms with E-state index in [9.17, 15) is 0 Å². The molecule has 1 aliphatic rings. The number of hydrogen-bond donors (Lipinski definition) is 0. The molecule has 2 aromatic rings. The predicted molar refractivity (Wildman–Crippen MR) is 77.3 cm³/mol. The van der Waals surface area contributed by atoms with E-state index < -0.39 is 5.60 Å². The van der Waals surface area contributed by atoms with Crippen LogP contribution in [0.4, 0.5) is 0 Å². The standard InChI is InChI=1S/C14H19N3O3S/c1-3-12-15-10(9-21-12)8-11-16-13(17-20-11)14(18-2)4-6-19-7-5-14/h9H,3-8H2,1-2H3. The molecule has 0 N–H and O–H groups in total. The molecule has 0 saturated carbocycles. The van der Waals surface area contributed by atoms with Gasteiger partial charge < -0.3 is 14.0 Å².